The smallest absolute Gasteiger partial charge is 0.247 e. The molecule has 260 valence electrons. The zero-order chi connectivity index (χ0) is 34.7. The SMILES string of the molecule is COc1ccc(C=CC(=O)N(Cc2ccc(N3CCOCC3)nc2)C(C(=O)N2CCC(Cc3ccccc3)CC2)C(I)c2ccccc2)cc1. The molecule has 0 radical (unpaired) electrons. The fourth-order valence-electron chi connectivity index (χ4n) is 6.71. The molecule has 3 aromatic carbocycles. The summed E-state index contributed by atoms with van der Waals surface area (Å²) in [5, 5.41) is 0. The standard InChI is InChI=1S/C41H45IN4O4/c1-49-36-16-12-31(13-17-36)15-19-38(47)46(30-34-14-18-37(43-29-34)44-24-26-50-27-25-44)40(39(42)35-10-6-3-7-11-35)41(48)45-22-20-33(21-23-45)28-32-8-4-2-5-9-32/h2-19,29,33,39-40H,20-28,30H2,1H3. The number of likely N-dealkylation sites (tertiary alicyclic amines) is 1. The van der Waals surface area contributed by atoms with Gasteiger partial charge in [0, 0.05) is 45.0 Å². The lowest BCUT2D eigenvalue weighted by Crippen LogP contribution is -2.53. The Morgan fingerprint density at radius 2 is 1.58 bits per heavy atom. The number of anilines is 1. The van der Waals surface area contributed by atoms with Crippen molar-refractivity contribution in [3.8, 4) is 5.75 Å². The van der Waals surface area contributed by atoms with Crippen molar-refractivity contribution in [1.29, 1.82) is 0 Å². The quantitative estimate of drug-likeness (QED) is 0.0877. The summed E-state index contributed by atoms with van der Waals surface area (Å²) in [6, 6.07) is 31.5. The largest absolute Gasteiger partial charge is 0.497 e. The number of carbonyl (C=O) groups is 2. The van der Waals surface area contributed by atoms with Gasteiger partial charge in [0.05, 0.1) is 24.2 Å². The van der Waals surface area contributed by atoms with Crippen molar-refractivity contribution in [3.63, 3.8) is 0 Å². The first-order chi connectivity index (χ1) is 24.5. The number of benzene rings is 3. The van der Waals surface area contributed by atoms with E-state index in [0.29, 0.717) is 32.2 Å². The zero-order valence-electron chi connectivity index (χ0n) is 28.6. The minimum Gasteiger partial charge on any atom is -0.497 e. The van der Waals surface area contributed by atoms with Gasteiger partial charge in [0.2, 0.25) is 11.8 Å². The first-order valence-electron chi connectivity index (χ1n) is 17.4. The highest BCUT2D eigenvalue weighted by Gasteiger charge is 2.39. The lowest BCUT2D eigenvalue weighted by atomic mass is 9.89. The van der Waals surface area contributed by atoms with Gasteiger partial charge in [0.1, 0.15) is 17.6 Å². The number of hydrogen-bond acceptors (Lipinski definition) is 6. The molecule has 2 aliphatic heterocycles. The molecule has 6 rings (SSSR count). The number of rotatable bonds is 12. The molecule has 8 nitrogen and oxygen atoms in total. The van der Waals surface area contributed by atoms with Gasteiger partial charge in [-0.1, -0.05) is 101 Å². The van der Waals surface area contributed by atoms with Crippen LogP contribution >= 0.6 is 22.6 Å². The van der Waals surface area contributed by atoms with E-state index >= 15 is 0 Å². The number of alkyl halides is 1. The van der Waals surface area contributed by atoms with Gasteiger partial charge in [-0.2, -0.15) is 0 Å². The van der Waals surface area contributed by atoms with Crippen LogP contribution in [0, 0.1) is 5.92 Å². The summed E-state index contributed by atoms with van der Waals surface area (Å²) in [7, 11) is 1.63. The van der Waals surface area contributed by atoms with Crippen LogP contribution in [-0.4, -0.2) is 79.1 Å². The minimum absolute atomic E-state index is 0.0180. The van der Waals surface area contributed by atoms with E-state index in [9.17, 15) is 9.59 Å². The molecule has 2 amide bonds. The Bertz CT molecular complexity index is 1690. The van der Waals surface area contributed by atoms with Crippen LogP contribution < -0.4 is 9.64 Å². The number of hydrogen-bond donors (Lipinski definition) is 0. The van der Waals surface area contributed by atoms with Gasteiger partial charge in [0.15, 0.2) is 0 Å². The van der Waals surface area contributed by atoms with Gasteiger partial charge in [-0.05, 0) is 71.7 Å². The highest BCUT2D eigenvalue weighted by Crippen LogP contribution is 2.34. The molecular formula is C41H45IN4O4. The van der Waals surface area contributed by atoms with Crippen molar-refractivity contribution in [1.82, 2.24) is 14.8 Å². The van der Waals surface area contributed by atoms with Crippen LogP contribution in [0.2, 0.25) is 0 Å². The summed E-state index contributed by atoms with van der Waals surface area (Å²) in [5.41, 5.74) is 4.07. The monoisotopic (exact) mass is 784 g/mol. The Labute approximate surface area is 309 Å². The molecule has 3 heterocycles. The fraction of sp³-hybridized carbons (Fsp3) is 0.341. The molecule has 0 bridgehead atoms. The second-order valence-electron chi connectivity index (χ2n) is 12.9. The van der Waals surface area contributed by atoms with Gasteiger partial charge in [-0.3, -0.25) is 9.59 Å². The van der Waals surface area contributed by atoms with Crippen molar-refractivity contribution in [2.45, 2.75) is 35.8 Å². The maximum absolute atomic E-state index is 14.8. The second-order valence-corrected chi connectivity index (χ2v) is 14.3. The molecule has 0 aliphatic carbocycles. The number of aromatic nitrogens is 1. The van der Waals surface area contributed by atoms with Crippen molar-refractivity contribution in [3.05, 3.63) is 132 Å². The summed E-state index contributed by atoms with van der Waals surface area (Å²) in [4.78, 5) is 39.9. The Hall–Kier alpha value is -4.22. The number of halogens is 1. The Kier molecular flexibility index (Phi) is 12.6. The highest BCUT2D eigenvalue weighted by atomic mass is 127. The topological polar surface area (TPSA) is 75.2 Å². The second kappa shape index (κ2) is 17.6. The van der Waals surface area contributed by atoms with Crippen LogP contribution in [0.5, 0.6) is 5.75 Å². The summed E-state index contributed by atoms with van der Waals surface area (Å²) in [6.07, 6.45) is 8.10. The molecule has 0 spiro atoms. The predicted molar refractivity (Wildman–Crippen MR) is 206 cm³/mol. The molecule has 9 heteroatoms. The molecule has 1 aromatic heterocycles. The van der Waals surface area contributed by atoms with Crippen molar-refractivity contribution in [2.24, 2.45) is 5.92 Å². The van der Waals surface area contributed by atoms with E-state index in [1.807, 2.05) is 83.9 Å². The lowest BCUT2D eigenvalue weighted by molar-refractivity contribution is -0.145. The van der Waals surface area contributed by atoms with Crippen molar-refractivity contribution >= 4 is 46.3 Å². The molecule has 2 saturated heterocycles. The fourth-order valence-corrected chi connectivity index (χ4v) is 7.82. The van der Waals surface area contributed by atoms with E-state index in [2.05, 4.69) is 51.8 Å². The maximum atomic E-state index is 14.8. The number of carbonyl (C=O) groups excluding carboxylic acids is 2. The van der Waals surface area contributed by atoms with E-state index in [1.54, 1.807) is 24.2 Å². The van der Waals surface area contributed by atoms with Crippen LogP contribution in [0.15, 0.2) is 109 Å². The Morgan fingerprint density at radius 3 is 2.22 bits per heavy atom. The van der Waals surface area contributed by atoms with Crippen LogP contribution in [0.25, 0.3) is 6.08 Å². The molecule has 0 N–H and O–H groups in total. The van der Waals surface area contributed by atoms with E-state index < -0.39 is 6.04 Å². The summed E-state index contributed by atoms with van der Waals surface area (Å²) in [5.74, 6) is 1.91. The van der Waals surface area contributed by atoms with Gasteiger partial charge in [-0.25, -0.2) is 4.98 Å². The van der Waals surface area contributed by atoms with Crippen molar-refractivity contribution < 1.29 is 19.1 Å². The molecule has 0 saturated carbocycles. The van der Waals surface area contributed by atoms with Gasteiger partial charge < -0.3 is 24.2 Å². The first-order valence-corrected chi connectivity index (χ1v) is 18.6. The number of morpholine rings is 1. The third-order valence-corrected chi connectivity index (χ3v) is 11.0. The summed E-state index contributed by atoms with van der Waals surface area (Å²) in [6.45, 7) is 4.52. The van der Waals surface area contributed by atoms with Gasteiger partial charge in [0.25, 0.3) is 0 Å². The summed E-state index contributed by atoms with van der Waals surface area (Å²) >= 11 is 2.36. The predicted octanol–water partition coefficient (Wildman–Crippen LogP) is 7.00. The van der Waals surface area contributed by atoms with Crippen molar-refractivity contribution in [2.75, 3.05) is 51.4 Å². The van der Waals surface area contributed by atoms with Crippen LogP contribution in [-0.2, 0) is 27.3 Å². The average molecular weight is 785 g/mol. The normalized spacial score (nSPS) is 16.6. The number of nitrogens with zero attached hydrogens (tertiary/aromatic N) is 4. The van der Waals surface area contributed by atoms with E-state index in [0.717, 1.165) is 60.6 Å². The molecular weight excluding hydrogens is 739 g/mol. The Balaban J connectivity index is 1.28. The average Bonchev–Trinajstić information content (AvgIpc) is 3.18. The number of piperidine rings is 1. The van der Waals surface area contributed by atoms with Crippen LogP contribution in [0.1, 0.15) is 39.0 Å². The van der Waals surface area contributed by atoms with E-state index in [4.69, 9.17) is 14.5 Å². The molecule has 50 heavy (non-hydrogen) atoms. The minimum atomic E-state index is -0.726. The molecule has 2 fully saturated rings. The number of methoxy groups -OCH3 is 1. The zero-order valence-corrected chi connectivity index (χ0v) is 30.7. The third-order valence-electron chi connectivity index (χ3n) is 9.59. The first kappa shape index (κ1) is 35.6. The Morgan fingerprint density at radius 1 is 0.900 bits per heavy atom. The molecule has 2 aliphatic rings. The molecule has 2 unspecified atom stereocenters. The van der Waals surface area contributed by atoms with Gasteiger partial charge in [-0.15, -0.1) is 0 Å². The van der Waals surface area contributed by atoms with E-state index in [1.165, 1.54) is 5.56 Å². The summed E-state index contributed by atoms with van der Waals surface area (Å²) < 4.78 is 10.6. The number of ether oxygens (including phenoxy) is 2. The molecule has 2 atom stereocenters. The highest BCUT2D eigenvalue weighted by molar-refractivity contribution is 14.1. The van der Waals surface area contributed by atoms with Crippen LogP contribution in [0.4, 0.5) is 5.82 Å². The van der Waals surface area contributed by atoms with Crippen LogP contribution in [0.3, 0.4) is 0 Å². The number of pyridine rings is 1. The lowest BCUT2D eigenvalue weighted by Gasteiger charge is -2.39. The van der Waals surface area contributed by atoms with Gasteiger partial charge >= 0.3 is 0 Å². The maximum Gasteiger partial charge on any atom is 0.247 e. The third kappa shape index (κ3) is 9.31. The number of amides is 2. The molecule has 4 aromatic rings. The van der Waals surface area contributed by atoms with E-state index in [-0.39, 0.29) is 22.3 Å².